The molecule has 0 bridgehead atoms. The molecule has 7 nitrogen and oxygen atoms in total. The van der Waals surface area contributed by atoms with Gasteiger partial charge in [0.1, 0.15) is 29.9 Å². The molecule has 2 N–H and O–H groups in total. The van der Waals surface area contributed by atoms with Gasteiger partial charge in [-0.05, 0) is 31.0 Å². The average molecular weight is 438 g/mol. The first-order chi connectivity index (χ1) is 14.5. The standard InChI is InChI=1S/C20H18ClF2N3O4/c21-10-6-14-19(24-13(10)5-4-9-11(22)2-1-3-12(9)23)26-20(25-14)30-16-8-29-17-15(27)7-28-18(16)17/h1-3,6,15-18,27H,4-5,7-8H2,(H,24,25,26)/t15-,16+,17-,18-/m1/s1. The second kappa shape index (κ2) is 7.73. The highest BCUT2D eigenvalue weighted by molar-refractivity contribution is 6.31. The molecule has 2 aliphatic heterocycles. The van der Waals surface area contributed by atoms with Gasteiger partial charge in [-0.3, -0.25) is 0 Å². The zero-order valence-corrected chi connectivity index (χ0v) is 16.4. The number of ether oxygens (including phenoxy) is 3. The summed E-state index contributed by atoms with van der Waals surface area (Å²) in [4.78, 5) is 11.8. The minimum Gasteiger partial charge on any atom is -0.456 e. The molecule has 2 aliphatic rings. The van der Waals surface area contributed by atoms with Crippen LogP contribution in [0.3, 0.4) is 0 Å². The lowest BCUT2D eigenvalue weighted by Crippen LogP contribution is -2.34. The Morgan fingerprint density at radius 3 is 2.70 bits per heavy atom. The van der Waals surface area contributed by atoms with Crippen molar-refractivity contribution in [2.75, 3.05) is 13.2 Å². The Morgan fingerprint density at radius 2 is 1.90 bits per heavy atom. The van der Waals surface area contributed by atoms with Crippen molar-refractivity contribution in [3.05, 3.63) is 52.2 Å². The minimum absolute atomic E-state index is 0.00366. The number of pyridine rings is 1. The van der Waals surface area contributed by atoms with Crippen LogP contribution in [0.2, 0.25) is 5.02 Å². The van der Waals surface area contributed by atoms with Crippen LogP contribution in [-0.4, -0.2) is 57.7 Å². The molecule has 2 saturated heterocycles. The number of fused-ring (bicyclic) bond motifs is 2. The molecule has 0 saturated carbocycles. The number of aryl methyl sites for hydroxylation is 1. The molecular formula is C20H18ClF2N3O4. The van der Waals surface area contributed by atoms with E-state index >= 15 is 0 Å². The molecule has 1 aromatic carbocycles. The number of imidazole rings is 1. The Kier molecular flexibility index (Phi) is 5.06. The van der Waals surface area contributed by atoms with Crippen LogP contribution in [0.25, 0.3) is 11.2 Å². The molecule has 0 unspecified atom stereocenters. The third-order valence-corrected chi connectivity index (χ3v) is 5.72. The van der Waals surface area contributed by atoms with E-state index in [0.717, 1.165) is 0 Å². The average Bonchev–Trinajstić information content (AvgIpc) is 3.39. The van der Waals surface area contributed by atoms with Crippen LogP contribution in [0.4, 0.5) is 8.78 Å². The summed E-state index contributed by atoms with van der Waals surface area (Å²) in [7, 11) is 0. The zero-order chi connectivity index (χ0) is 20.8. The van der Waals surface area contributed by atoms with Crippen molar-refractivity contribution in [1.82, 2.24) is 15.0 Å². The van der Waals surface area contributed by atoms with Crippen LogP contribution < -0.4 is 4.74 Å². The number of hydrogen-bond donors (Lipinski definition) is 2. The third-order valence-electron chi connectivity index (χ3n) is 5.40. The summed E-state index contributed by atoms with van der Waals surface area (Å²) in [6.45, 7) is 0.482. The van der Waals surface area contributed by atoms with E-state index in [1.54, 1.807) is 6.07 Å². The zero-order valence-electron chi connectivity index (χ0n) is 15.6. The molecule has 0 radical (unpaired) electrons. The summed E-state index contributed by atoms with van der Waals surface area (Å²) in [5.74, 6) is -1.20. The first-order valence-corrected chi connectivity index (χ1v) is 9.93. The molecule has 3 aromatic rings. The number of aromatic nitrogens is 3. The van der Waals surface area contributed by atoms with Gasteiger partial charge in [0.15, 0.2) is 11.8 Å². The van der Waals surface area contributed by atoms with Gasteiger partial charge in [0, 0.05) is 5.56 Å². The number of hydrogen-bond acceptors (Lipinski definition) is 6. The van der Waals surface area contributed by atoms with Crippen molar-refractivity contribution in [2.45, 2.75) is 37.3 Å². The maximum Gasteiger partial charge on any atom is 0.296 e. The van der Waals surface area contributed by atoms with Crippen molar-refractivity contribution in [2.24, 2.45) is 0 Å². The van der Waals surface area contributed by atoms with E-state index in [1.807, 2.05) is 0 Å². The van der Waals surface area contributed by atoms with Gasteiger partial charge >= 0.3 is 0 Å². The highest BCUT2D eigenvalue weighted by atomic mass is 35.5. The molecule has 2 fully saturated rings. The first-order valence-electron chi connectivity index (χ1n) is 9.55. The summed E-state index contributed by atoms with van der Waals surface area (Å²) in [5.41, 5.74) is 1.42. The smallest absolute Gasteiger partial charge is 0.296 e. The number of nitrogens with zero attached hydrogens (tertiary/aromatic N) is 2. The SMILES string of the molecule is O[C@@H]1CO[C@H]2[C@@H]1OC[C@@H]2Oc1nc2nc(CCc3c(F)cccc3F)c(Cl)cc2[nH]1. The molecule has 0 amide bonds. The Hall–Kier alpha value is -2.33. The highest BCUT2D eigenvalue weighted by Gasteiger charge is 2.48. The van der Waals surface area contributed by atoms with Gasteiger partial charge in [-0.15, -0.1) is 0 Å². The quantitative estimate of drug-likeness (QED) is 0.637. The van der Waals surface area contributed by atoms with Gasteiger partial charge in [-0.2, -0.15) is 4.98 Å². The molecule has 30 heavy (non-hydrogen) atoms. The van der Waals surface area contributed by atoms with E-state index in [-0.39, 0.29) is 43.7 Å². The molecule has 4 atom stereocenters. The summed E-state index contributed by atoms with van der Waals surface area (Å²) < 4.78 is 44.6. The van der Waals surface area contributed by atoms with Crippen LogP contribution in [0.5, 0.6) is 6.01 Å². The highest BCUT2D eigenvalue weighted by Crippen LogP contribution is 2.30. The van der Waals surface area contributed by atoms with Crippen LogP contribution in [0.15, 0.2) is 24.3 Å². The Balaban J connectivity index is 1.33. The lowest BCUT2D eigenvalue weighted by Gasteiger charge is -2.15. The number of aliphatic hydroxyl groups excluding tert-OH is 1. The van der Waals surface area contributed by atoms with E-state index < -0.39 is 29.9 Å². The van der Waals surface area contributed by atoms with Gasteiger partial charge in [0.25, 0.3) is 6.01 Å². The topological polar surface area (TPSA) is 89.5 Å². The molecule has 2 aromatic heterocycles. The van der Waals surface area contributed by atoms with E-state index in [0.29, 0.717) is 21.9 Å². The molecule has 158 valence electrons. The van der Waals surface area contributed by atoms with Crippen LogP contribution in [0, 0.1) is 11.6 Å². The van der Waals surface area contributed by atoms with E-state index in [2.05, 4.69) is 15.0 Å². The second-order valence-corrected chi connectivity index (χ2v) is 7.76. The number of benzene rings is 1. The van der Waals surface area contributed by atoms with Crippen molar-refractivity contribution in [3.8, 4) is 6.01 Å². The molecule has 0 aliphatic carbocycles. The fourth-order valence-corrected chi connectivity index (χ4v) is 4.11. The fourth-order valence-electron chi connectivity index (χ4n) is 3.87. The number of aromatic amines is 1. The fraction of sp³-hybridized carbons (Fsp3) is 0.400. The van der Waals surface area contributed by atoms with Gasteiger partial charge in [0.2, 0.25) is 0 Å². The largest absolute Gasteiger partial charge is 0.456 e. The number of rotatable bonds is 5. The monoisotopic (exact) mass is 437 g/mol. The summed E-state index contributed by atoms with van der Waals surface area (Å²) in [6.07, 6.45) is -1.48. The number of halogens is 3. The van der Waals surface area contributed by atoms with Crippen LogP contribution in [-0.2, 0) is 22.3 Å². The molecular weight excluding hydrogens is 420 g/mol. The molecule has 10 heteroatoms. The van der Waals surface area contributed by atoms with Crippen molar-refractivity contribution < 1.29 is 28.1 Å². The van der Waals surface area contributed by atoms with Crippen molar-refractivity contribution in [3.63, 3.8) is 0 Å². The lowest BCUT2D eigenvalue weighted by atomic mass is 10.1. The predicted molar refractivity (Wildman–Crippen MR) is 103 cm³/mol. The third kappa shape index (κ3) is 3.51. The Labute approximate surface area is 174 Å². The van der Waals surface area contributed by atoms with Crippen LogP contribution >= 0.6 is 11.6 Å². The normalized spacial score (nSPS) is 25.7. The minimum atomic E-state index is -0.665. The summed E-state index contributed by atoms with van der Waals surface area (Å²) in [6, 6.07) is 5.65. The number of aliphatic hydroxyl groups is 1. The maximum atomic E-state index is 13.9. The predicted octanol–water partition coefficient (Wildman–Crippen LogP) is 2.58. The summed E-state index contributed by atoms with van der Waals surface area (Å²) >= 11 is 6.31. The van der Waals surface area contributed by atoms with E-state index in [4.69, 9.17) is 25.8 Å². The molecule has 0 spiro atoms. The first kappa shape index (κ1) is 19.6. The Bertz CT molecular complexity index is 1080. The number of H-pyrrole nitrogens is 1. The Morgan fingerprint density at radius 1 is 1.13 bits per heavy atom. The van der Waals surface area contributed by atoms with Gasteiger partial charge in [-0.25, -0.2) is 13.8 Å². The van der Waals surface area contributed by atoms with E-state index in [9.17, 15) is 13.9 Å². The molecule has 4 heterocycles. The lowest BCUT2D eigenvalue weighted by molar-refractivity contribution is 0.00706. The summed E-state index contributed by atoms with van der Waals surface area (Å²) in [5, 5.41) is 10.2. The second-order valence-electron chi connectivity index (χ2n) is 7.35. The van der Waals surface area contributed by atoms with E-state index in [1.165, 1.54) is 18.2 Å². The van der Waals surface area contributed by atoms with Gasteiger partial charge < -0.3 is 24.3 Å². The number of nitrogens with one attached hydrogen (secondary N) is 1. The maximum absolute atomic E-state index is 13.9. The van der Waals surface area contributed by atoms with Crippen molar-refractivity contribution in [1.29, 1.82) is 0 Å². The molecule has 5 rings (SSSR count). The van der Waals surface area contributed by atoms with Gasteiger partial charge in [0.05, 0.1) is 29.4 Å². The van der Waals surface area contributed by atoms with Crippen molar-refractivity contribution >= 4 is 22.8 Å². The van der Waals surface area contributed by atoms with Gasteiger partial charge in [-0.1, -0.05) is 17.7 Å². The van der Waals surface area contributed by atoms with Crippen LogP contribution in [0.1, 0.15) is 11.3 Å².